The third-order valence-corrected chi connectivity index (χ3v) is 1.76. The van der Waals surface area contributed by atoms with Crippen LogP contribution in [-0.4, -0.2) is 11.8 Å². The van der Waals surface area contributed by atoms with Crippen molar-refractivity contribution in [1.29, 1.82) is 0 Å². The van der Waals surface area contributed by atoms with Gasteiger partial charge in [0.2, 0.25) is 0 Å². The summed E-state index contributed by atoms with van der Waals surface area (Å²) in [4.78, 5) is 0. The minimum atomic E-state index is -0.463. The maximum Gasteiger partial charge on any atom is 0.120 e. The minimum absolute atomic E-state index is 0.137. The van der Waals surface area contributed by atoms with Crippen molar-refractivity contribution in [3.63, 3.8) is 0 Å². The molecule has 0 amide bonds. The average Bonchev–Trinajstić information content (AvgIpc) is 2.05. The van der Waals surface area contributed by atoms with Gasteiger partial charge in [0.05, 0.1) is 6.67 Å². The van der Waals surface area contributed by atoms with Gasteiger partial charge in [0.15, 0.2) is 0 Å². The van der Waals surface area contributed by atoms with Crippen molar-refractivity contribution in [3.05, 3.63) is 29.8 Å². The van der Waals surface area contributed by atoms with Crippen molar-refractivity contribution in [1.82, 2.24) is 0 Å². The van der Waals surface area contributed by atoms with E-state index < -0.39 is 12.7 Å². The molecule has 0 saturated carbocycles. The Kier molecular flexibility index (Phi) is 3.05. The second-order valence-corrected chi connectivity index (χ2v) is 2.64. The predicted octanol–water partition coefficient (Wildman–Crippen LogP) is 1.75. The molecule has 0 unspecified atom stereocenters. The quantitative estimate of drug-likeness (QED) is 0.724. The van der Waals surface area contributed by atoms with Crippen molar-refractivity contribution < 1.29 is 9.50 Å². The van der Waals surface area contributed by atoms with E-state index >= 15 is 0 Å². The van der Waals surface area contributed by atoms with E-state index in [9.17, 15) is 9.50 Å². The van der Waals surface area contributed by atoms with Crippen molar-refractivity contribution in [2.24, 2.45) is 5.73 Å². The van der Waals surface area contributed by atoms with Crippen LogP contribution in [0.3, 0.4) is 0 Å². The van der Waals surface area contributed by atoms with Crippen LogP contribution in [0.5, 0.6) is 5.75 Å². The molecule has 0 fully saturated rings. The molecule has 1 atom stereocenters. The second-order valence-electron chi connectivity index (χ2n) is 2.64. The molecule has 0 aliphatic carbocycles. The van der Waals surface area contributed by atoms with Gasteiger partial charge in [0, 0.05) is 11.6 Å². The van der Waals surface area contributed by atoms with Crippen molar-refractivity contribution in [2.45, 2.75) is 12.5 Å². The van der Waals surface area contributed by atoms with Crippen molar-refractivity contribution in [3.8, 4) is 5.75 Å². The van der Waals surface area contributed by atoms with Gasteiger partial charge in [-0.25, -0.2) is 0 Å². The standard InChI is InChI=1S/C9H12FNO/c10-6-5-8(11)7-3-1-2-4-9(7)12/h1-4,8,12H,5-6,11H2/t8-/m0/s1. The van der Waals surface area contributed by atoms with E-state index in [-0.39, 0.29) is 12.2 Å². The summed E-state index contributed by atoms with van der Waals surface area (Å²) in [7, 11) is 0. The maximum absolute atomic E-state index is 11.9. The molecular weight excluding hydrogens is 157 g/mol. The van der Waals surface area contributed by atoms with E-state index in [2.05, 4.69) is 0 Å². The zero-order valence-corrected chi connectivity index (χ0v) is 6.70. The Morgan fingerprint density at radius 1 is 1.42 bits per heavy atom. The summed E-state index contributed by atoms with van der Waals surface area (Å²) in [5.74, 6) is 0.137. The molecule has 1 aromatic rings. The van der Waals surface area contributed by atoms with Gasteiger partial charge in [-0.1, -0.05) is 18.2 Å². The van der Waals surface area contributed by atoms with Gasteiger partial charge in [-0.3, -0.25) is 4.39 Å². The Bertz CT molecular complexity index is 252. The first kappa shape index (κ1) is 9.00. The van der Waals surface area contributed by atoms with E-state index in [1.54, 1.807) is 24.3 Å². The second kappa shape index (κ2) is 4.07. The van der Waals surface area contributed by atoms with Crippen LogP contribution in [0.2, 0.25) is 0 Å². The molecular formula is C9H12FNO. The largest absolute Gasteiger partial charge is 0.508 e. The van der Waals surface area contributed by atoms with Crippen LogP contribution >= 0.6 is 0 Å². The topological polar surface area (TPSA) is 46.2 Å². The van der Waals surface area contributed by atoms with E-state index in [0.717, 1.165) is 0 Å². The third kappa shape index (κ3) is 1.95. The number of para-hydroxylation sites is 1. The molecule has 0 aromatic heterocycles. The summed E-state index contributed by atoms with van der Waals surface area (Å²) in [6.45, 7) is -0.463. The highest BCUT2D eigenvalue weighted by Crippen LogP contribution is 2.23. The fraction of sp³-hybridized carbons (Fsp3) is 0.333. The molecule has 2 nitrogen and oxygen atoms in total. The molecule has 0 aliphatic heterocycles. The van der Waals surface area contributed by atoms with Gasteiger partial charge in [0.1, 0.15) is 5.75 Å². The summed E-state index contributed by atoms with van der Waals surface area (Å²) in [6, 6.07) is 6.33. The number of benzene rings is 1. The molecule has 0 aliphatic rings. The lowest BCUT2D eigenvalue weighted by molar-refractivity contribution is 0.424. The highest BCUT2D eigenvalue weighted by Gasteiger charge is 2.08. The van der Waals surface area contributed by atoms with Gasteiger partial charge >= 0.3 is 0 Å². The zero-order chi connectivity index (χ0) is 8.97. The van der Waals surface area contributed by atoms with Crippen LogP contribution in [0.1, 0.15) is 18.0 Å². The summed E-state index contributed by atoms with van der Waals surface area (Å²) in [5.41, 5.74) is 6.21. The first-order valence-corrected chi connectivity index (χ1v) is 3.85. The van der Waals surface area contributed by atoms with E-state index in [1.807, 2.05) is 0 Å². The van der Waals surface area contributed by atoms with Gasteiger partial charge in [-0.15, -0.1) is 0 Å². The summed E-state index contributed by atoms with van der Waals surface area (Å²) in [6.07, 6.45) is 0.248. The Morgan fingerprint density at radius 3 is 2.67 bits per heavy atom. The number of hydrogen-bond donors (Lipinski definition) is 2. The average molecular weight is 169 g/mol. The lowest BCUT2D eigenvalue weighted by Crippen LogP contribution is -2.10. The molecule has 0 saturated heterocycles. The number of hydrogen-bond acceptors (Lipinski definition) is 2. The first-order valence-electron chi connectivity index (χ1n) is 3.85. The lowest BCUT2D eigenvalue weighted by Gasteiger charge is -2.10. The van der Waals surface area contributed by atoms with E-state index in [4.69, 9.17) is 5.73 Å². The van der Waals surface area contributed by atoms with E-state index in [0.29, 0.717) is 5.56 Å². The fourth-order valence-corrected chi connectivity index (χ4v) is 1.07. The summed E-state index contributed by atoms with van der Waals surface area (Å²) >= 11 is 0. The number of alkyl halides is 1. The van der Waals surface area contributed by atoms with Crippen LogP contribution < -0.4 is 5.73 Å². The first-order chi connectivity index (χ1) is 5.75. The Morgan fingerprint density at radius 2 is 2.08 bits per heavy atom. The molecule has 3 heteroatoms. The summed E-state index contributed by atoms with van der Waals surface area (Å²) in [5, 5.41) is 9.31. The smallest absolute Gasteiger partial charge is 0.120 e. The SMILES string of the molecule is N[C@@H](CCF)c1ccccc1O. The third-order valence-electron chi connectivity index (χ3n) is 1.76. The minimum Gasteiger partial charge on any atom is -0.508 e. The Labute approximate surface area is 70.8 Å². The molecule has 0 radical (unpaired) electrons. The zero-order valence-electron chi connectivity index (χ0n) is 6.70. The number of rotatable bonds is 3. The molecule has 12 heavy (non-hydrogen) atoms. The van der Waals surface area contributed by atoms with Gasteiger partial charge in [0.25, 0.3) is 0 Å². The van der Waals surface area contributed by atoms with Crippen LogP contribution in [0.15, 0.2) is 24.3 Å². The molecule has 1 rings (SSSR count). The van der Waals surface area contributed by atoms with Gasteiger partial charge in [-0.05, 0) is 12.5 Å². The predicted molar refractivity (Wildman–Crippen MR) is 45.6 cm³/mol. The van der Waals surface area contributed by atoms with E-state index in [1.165, 1.54) is 0 Å². The number of phenols is 1. The molecule has 3 N–H and O–H groups in total. The van der Waals surface area contributed by atoms with Crippen LogP contribution in [0.4, 0.5) is 4.39 Å². The monoisotopic (exact) mass is 169 g/mol. The number of halogens is 1. The number of nitrogens with two attached hydrogens (primary N) is 1. The normalized spacial score (nSPS) is 12.8. The number of phenolic OH excluding ortho intramolecular Hbond substituents is 1. The Hall–Kier alpha value is -1.09. The molecule has 1 aromatic carbocycles. The highest BCUT2D eigenvalue weighted by atomic mass is 19.1. The molecule has 0 heterocycles. The van der Waals surface area contributed by atoms with Gasteiger partial charge in [-0.2, -0.15) is 0 Å². The van der Waals surface area contributed by atoms with Crippen LogP contribution in [0, 0.1) is 0 Å². The maximum atomic E-state index is 11.9. The molecule has 0 spiro atoms. The lowest BCUT2D eigenvalue weighted by atomic mass is 10.0. The molecule has 0 bridgehead atoms. The highest BCUT2D eigenvalue weighted by molar-refractivity contribution is 5.34. The summed E-state index contributed by atoms with van der Waals surface area (Å²) < 4.78 is 11.9. The van der Waals surface area contributed by atoms with Crippen LogP contribution in [-0.2, 0) is 0 Å². The van der Waals surface area contributed by atoms with Crippen molar-refractivity contribution >= 4 is 0 Å². The van der Waals surface area contributed by atoms with Crippen LogP contribution in [0.25, 0.3) is 0 Å². The fourth-order valence-electron chi connectivity index (χ4n) is 1.07. The number of aromatic hydroxyl groups is 1. The van der Waals surface area contributed by atoms with Gasteiger partial charge < -0.3 is 10.8 Å². The van der Waals surface area contributed by atoms with Crippen molar-refractivity contribution in [2.75, 3.05) is 6.67 Å². The Balaban J connectivity index is 2.79. The molecule has 66 valence electrons.